The van der Waals surface area contributed by atoms with E-state index in [0.29, 0.717) is 16.6 Å². The van der Waals surface area contributed by atoms with Gasteiger partial charge in [0.05, 0.1) is 17.7 Å². The third kappa shape index (κ3) is 2.77. The van der Waals surface area contributed by atoms with Crippen molar-refractivity contribution in [1.82, 2.24) is 0 Å². The minimum atomic E-state index is -0.504. The van der Waals surface area contributed by atoms with Crippen molar-refractivity contribution in [3.8, 4) is 0 Å². The first-order chi connectivity index (χ1) is 10.1. The van der Waals surface area contributed by atoms with Gasteiger partial charge in [0, 0.05) is 11.6 Å². The zero-order chi connectivity index (χ0) is 15.0. The second-order valence-electron chi connectivity index (χ2n) is 5.96. The Hall–Kier alpha value is -1.55. The molecule has 3 rings (SSSR count). The van der Waals surface area contributed by atoms with Crippen LogP contribution in [0.3, 0.4) is 0 Å². The standard InChI is InChI=1S/C16H18ClNO3/c1-21-16(20)13-8-11(4-5-14(13)17)18-15(19)12-7-9-2-3-10(12)6-9/h4-5,8-10,12H,2-3,6-7H2,1H3,(H,18,19). The number of fused-ring (bicyclic) bond motifs is 2. The summed E-state index contributed by atoms with van der Waals surface area (Å²) in [6, 6.07) is 4.88. The summed E-state index contributed by atoms with van der Waals surface area (Å²) in [4.78, 5) is 24.0. The number of anilines is 1. The number of carbonyl (C=O) groups excluding carboxylic acids is 2. The quantitative estimate of drug-likeness (QED) is 0.870. The van der Waals surface area contributed by atoms with Crippen molar-refractivity contribution < 1.29 is 14.3 Å². The molecule has 0 spiro atoms. The first-order valence-corrected chi connectivity index (χ1v) is 7.65. The monoisotopic (exact) mass is 307 g/mol. The molecule has 4 nitrogen and oxygen atoms in total. The number of nitrogens with one attached hydrogen (secondary N) is 1. The van der Waals surface area contributed by atoms with Crippen LogP contribution in [-0.4, -0.2) is 19.0 Å². The lowest BCUT2D eigenvalue weighted by molar-refractivity contribution is -0.121. The molecule has 1 aromatic rings. The van der Waals surface area contributed by atoms with Crippen molar-refractivity contribution in [2.45, 2.75) is 25.7 Å². The van der Waals surface area contributed by atoms with Gasteiger partial charge in [-0.2, -0.15) is 0 Å². The first kappa shape index (κ1) is 14.4. The lowest BCUT2D eigenvalue weighted by atomic mass is 9.88. The summed E-state index contributed by atoms with van der Waals surface area (Å²) in [5.74, 6) is 0.918. The summed E-state index contributed by atoms with van der Waals surface area (Å²) in [5.41, 5.74) is 0.859. The Balaban J connectivity index is 1.73. The van der Waals surface area contributed by atoms with E-state index in [9.17, 15) is 9.59 Å². The number of amides is 1. The number of methoxy groups -OCH3 is 1. The van der Waals surface area contributed by atoms with E-state index in [-0.39, 0.29) is 17.4 Å². The van der Waals surface area contributed by atoms with Crippen LogP contribution in [0.25, 0.3) is 0 Å². The van der Waals surface area contributed by atoms with Crippen molar-refractivity contribution >= 4 is 29.2 Å². The molecule has 2 aliphatic rings. The summed E-state index contributed by atoms with van der Waals surface area (Å²) in [7, 11) is 1.30. The number of carbonyl (C=O) groups is 2. The molecule has 2 aliphatic carbocycles. The smallest absolute Gasteiger partial charge is 0.339 e. The van der Waals surface area contributed by atoms with Crippen LogP contribution in [-0.2, 0) is 9.53 Å². The normalized spacial score (nSPS) is 26.7. The molecule has 2 fully saturated rings. The topological polar surface area (TPSA) is 55.4 Å². The fraction of sp³-hybridized carbons (Fsp3) is 0.500. The summed E-state index contributed by atoms with van der Waals surface area (Å²) < 4.78 is 4.68. The molecule has 1 amide bonds. The third-order valence-corrected chi connectivity index (χ3v) is 5.04. The minimum absolute atomic E-state index is 0.0559. The van der Waals surface area contributed by atoms with Gasteiger partial charge >= 0.3 is 5.97 Å². The Kier molecular flexibility index (Phi) is 3.89. The van der Waals surface area contributed by atoms with Gasteiger partial charge in [0.25, 0.3) is 0 Å². The lowest BCUT2D eigenvalue weighted by Crippen LogP contribution is -2.27. The van der Waals surface area contributed by atoms with Crippen molar-refractivity contribution in [2.75, 3.05) is 12.4 Å². The molecule has 3 atom stereocenters. The van der Waals surface area contributed by atoms with Gasteiger partial charge in [-0.15, -0.1) is 0 Å². The number of hydrogen-bond donors (Lipinski definition) is 1. The van der Waals surface area contributed by atoms with E-state index in [4.69, 9.17) is 11.6 Å². The van der Waals surface area contributed by atoms with E-state index in [1.54, 1.807) is 18.2 Å². The van der Waals surface area contributed by atoms with Crippen molar-refractivity contribution in [1.29, 1.82) is 0 Å². The number of hydrogen-bond acceptors (Lipinski definition) is 3. The van der Waals surface area contributed by atoms with Gasteiger partial charge < -0.3 is 10.1 Å². The van der Waals surface area contributed by atoms with E-state index >= 15 is 0 Å². The SMILES string of the molecule is COC(=O)c1cc(NC(=O)C2CC3CCC2C3)ccc1Cl. The van der Waals surface area contributed by atoms with Gasteiger partial charge in [-0.05, 0) is 49.3 Å². The predicted octanol–water partition coefficient (Wildman–Crippen LogP) is 3.50. The number of esters is 1. The minimum Gasteiger partial charge on any atom is -0.465 e. The maximum atomic E-state index is 12.4. The molecule has 0 radical (unpaired) electrons. The molecule has 1 aromatic carbocycles. The fourth-order valence-corrected chi connectivity index (χ4v) is 3.86. The van der Waals surface area contributed by atoms with Crippen LogP contribution in [0, 0.1) is 17.8 Å². The molecule has 2 bridgehead atoms. The van der Waals surface area contributed by atoms with Gasteiger partial charge in [0.2, 0.25) is 5.91 Å². The number of halogens is 1. The maximum Gasteiger partial charge on any atom is 0.339 e. The van der Waals surface area contributed by atoms with Gasteiger partial charge in [-0.25, -0.2) is 4.79 Å². The zero-order valence-electron chi connectivity index (χ0n) is 11.9. The Labute approximate surface area is 128 Å². The molecule has 112 valence electrons. The molecular formula is C16H18ClNO3. The second kappa shape index (κ2) is 5.68. The van der Waals surface area contributed by atoms with Crippen LogP contribution in [0.4, 0.5) is 5.69 Å². The van der Waals surface area contributed by atoms with E-state index < -0.39 is 5.97 Å². The van der Waals surface area contributed by atoms with Crippen molar-refractivity contribution in [3.63, 3.8) is 0 Å². The van der Waals surface area contributed by atoms with Crippen LogP contribution in [0.1, 0.15) is 36.0 Å². The maximum absolute atomic E-state index is 12.4. The highest BCUT2D eigenvalue weighted by molar-refractivity contribution is 6.33. The molecule has 5 heteroatoms. The zero-order valence-corrected chi connectivity index (χ0v) is 12.7. The van der Waals surface area contributed by atoms with Crippen LogP contribution in [0.2, 0.25) is 5.02 Å². The summed E-state index contributed by atoms with van der Waals surface area (Å²) in [6.07, 6.45) is 4.61. The first-order valence-electron chi connectivity index (χ1n) is 7.27. The molecule has 3 unspecified atom stereocenters. The van der Waals surface area contributed by atoms with Crippen molar-refractivity contribution in [2.24, 2.45) is 17.8 Å². The van der Waals surface area contributed by atoms with E-state index in [2.05, 4.69) is 10.1 Å². The van der Waals surface area contributed by atoms with Gasteiger partial charge in [-0.1, -0.05) is 18.0 Å². The molecule has 0 saturated heterocycles. The fourth-order valence-electron chi connectivity index (χ4n) is 3.67. The highest BCUT2D eigenvalue weighted by Gasteiger charge is 2.43. The molecule has 1 N–H and O–H groups in total. The number of ether oxygens (including phenoxy) is 1. The largest absolute Gasteiger partial charge is 0.465 e. The van der Waals surface area contributed by atoms with Gasteiger partial charge in [0.15, 0.2) is 0 Å². The number of benzene rings is 1. The Morgan fingerprint density at radius 3 is 2.71 bits per heavy atom. The average Bonchev–Trinajstić information content (AvgIpc) is 3.11. The number of rotatable bonds is 3. The van der Waals surface area contributed by atoms with E-state index in [1.165, 1.54) is 20.0 Å². The summed E-state index contributed by atoms with van der Waals surface area (Å²) in [6.45, 7) is 0. The van der Waals surface area contributed by atoms with E-state index in [1.807, 2.05) is 0 Å². The average molecular weight is 308 g/mol. The summed E-state index contributed by atoms with van der Waals surface area (Å²) in [5, 5.41) is 3.23. The second-order valence-corrected chi connectivity index (χ2v) is 6.36. The van der Waals surface area contributed by atoms with Gasteiger partial charge in [0.1, 0.15) is 0 Å². The Bertz CT molecular complexity index is 587. The molecular weight excluding hydrogens is 290 g/mol. The molecule has 21 heavy (non-hydrogen) atoms. The molecule has 0 aliphatic heterocycles. The van der Waals surface area contributed by atoms with Crippen LogP contribution >= 0.6 is 11.6 Å². The van der Waals surface area contributed by atoms with Crippen LogP contribution in [0.15, 0.2) is 18.2 Å². The van der Waals surface area contributed by atoms with Crippen LogP contribution in [0.5, 0.6) is 0 Å². The summed E-state index contributed by atoms with van der Waals surface area (Å²) >= 11 is 5.97. The van der Waals surface area contributed by atoms with E-state index in [0.717, 1.165) is 18.8 Å². The molecule has 2 saturated carbocycles. The Morgan fingerprint density at radius 2 is 2.10 bits per heavy atom. The van der Waals surface area contributed by atoms with Gasteiger partial charge in [-0.3, -0.25) is 4.79 Å². The molecule has 0 aromatic heterocycles. The highest BCUT2D eigenvalue weighted by Crippen LogP contribution is 2.48. The van der Waals surface area contributed by atoms with Crippen LogP contribution < -0.4 is 5.32 Å². The Morgan fingerprint density at radius 1 is 1.29 bits per heavy atom. The third-order valence-electron chi connectivity index (χ3n) is 4.71. The predicted molar refractivity (Wildman–Crippen MR) is 80.4 cm³/mol. The highest BCUT2D eigenvalue weighted by atomic mass is 35.5. The molecule has 0 heterocycles. The lowest BCUT2D eigenvalue weighted by Gasteiger charge is -2.21. The van der Waals surface area contributed by atoms with Crippen molar-refractivity contribution in [3.05, 3.63) is 28.8 Å².